The lowest BCUT2D eigenvalue weighted by atomic mass is 10.1. The summed E-state index contributed by atoms with van der Waals surface area (Å²) in [5.41, 5.74) is 1.91. The van der Waals surface area contributed by atoms with Crippen molar-refractivity contribution in [1.82, 2.24) is 15.3 Å². The Bertz CT molecular complexity index is 884. The molecule has 0 unspecified atom stereocenters. The Morgan fingerprint density at radius 1 is 1.31 bits per heavy atom. The number of carbonyl (C=O) groups excluding carboxylic acids is 1. The third kappa shape index (κ3) is 4.57. The van der Waals surface area contributed by atoms with Crippen LogP contribution in [-0.2, 0) is 9.53 Å². The smallest absolute Gasteiger partial charge is 0.220 e. The largest absolute Gasteiger partial charge is 0.383 e. The van der Waals surface area contributed by atoms with Gasteiger partial charge in [-0.1, -0.05) is 12.1 Å². The van der Waals surface area contributed by atoms with Gasteiger partial charge in [0, 0.05) is 36.8 Å². The topological polar surface area (TPSA) is 64.1 Å². The molecule has 26 heavy (non-hydrogen) atoms. The number of ether oxygens (including phenoxy) is 1. The first-order valence-corrected chi connectivity index (χ1v) is 9.92. The van der Waals surface area contributed by atoms with Crippen molar-refractivity contribution in [1.29, 1.82) is 0 Å². The van der Waals surface area contributed by atoms with Crippen LogP contribution in [0.25, 0.3) is 21.3 Å². The lowest BCUT2D eigenvalue weighted by Crippen LogP contribution is -2.27. The van der Waals surface area contributed by atoms with Crippen LogP contribution in [0.5, 0.6) is 0 Å². The monoisotopic (exact) mass is 391 g/mol. The molecule has 5 nitrogen and oxygen atoms in total. The van der Waals surface area contributed by atoms with Gasteiger partial charge in [0.05, 0.1) is 12.0 Å². The molecule has 0 fully saturated rings. The second kappa shape index (κ2) is 9.07. The van der Waals surface area contributed by atoms with Crippen molar-refractivity contribution in [2.45, 2.75) is 11.4 Å². The van der Waals surface area contributed by atoms with Gasteiger partial charge in [-0.3, -0.25) is 4.79 Å². The maximum absolute atomic E-state index is 13.2. The molecule has 3 rings (SSSR count). The van der Waals surface area contributed by atoms with E-state index < -0.39 is 0 Å². The SMILES string of the molecule is COCCNC(=O)CCSc1ncnc2scc(-c3ccc(F)cc3)c12. The molecule has 0 spiro atoms. The van der Waals surface area contributed by atoms with E-state index in [9.17, 15) is 9.18 Å². The van der Waals surface area contributed by atoms with E-state index >= 15 is 0 Å². The molecule has 3 aromatic rings. The summed E-state index contributed by atoms with van der Waals surface area (Å²) in [4.78, 5) is 21.4. The van der Waals surface area contributed by atoms with E-state index in [2.05, 4.69) is 15.3 Å². The third-order valence-corrected chi connectivity index (χ3v) is 5.56. The summed E-state index contributed by atoms with van der Waals surface area (Å²) in [6, 6.07) is 6.39. The van der Waals surface area contributed by atoms with Crippen molar-refractivity contribution in [2.75, 3.05) is 26.0 Å². The molecule has 2 heterocycles. The lowest BCUT2D eigenvalue weighted by Gasteiger charge is -2.06. The highest BCUT2D eigenvalue weighted by Gasteiger charge is 2.14. The number of nitrogens with one attached hydrogen (secondary N) is 1. The number of carbonyl (C=O) groups is 1. The number of amides is 1. The molecule has 0 saturated carbocycles. The van der Waals surface area contributed by atoms with E-state index in [1.165, 1.54) is 41.6 Å². The number of aromatic nitrogens is 2. The Hall–Kier alpha value is -2.03. The van der Waals surface area contributed by atoms with Gasteiger partial charge in [0.2, 0.25) is 5.91 Å². The van der Waals surface area contributed by atoms with E-state index in [1.54, 1.807) is 19.2 Å². The van der Waals surface area contributed by atoms with Crippen molar-refractivity contribution in [2.24, 2.45) is 0 Å². The average Bonchev–Trinajstić information content (AvgIpc) is 3.08. The highest BCUT2D eigenvalue weighted by atomic mass is 32.2. The van der Waals surface area contributed by atoms with Gasteiger partial charge >= 0.3 is 0 Å². The van der Waals surface area contributed by atoms with E-state index in [1.807, 2.05) is 5.38 Å². The number of thiophene rings is 1. The predicted octanol–water partition coefficient (Wildman–Crippen LogP) is 3.74. The van der Waals surface area contributed by atoms with E-state index in [4.69, 9.17) is 4.74 Å². The van der Waals surface area contributed by atoms with Crippen LogP contribution in [0.1, 0.15) is 6.42 Å². The molecule has 0 bridgehead atoms. The molecule has 0 radical (unpaired) electrons. The lowest BCUT2D eigenvalue weighted by molar-refractivity contribution is -0.120. The Kier molecular flexibility index (Phi) is 6.54. The summed E-state index contributed by atoms with van der Waals surface area (Å²) < 4.78 is 18.1. The number of hydrogen-bond donors (Lipinski definition) is 1. The highest BCUT2D eigenvalue weighted by molar-refractivity contribution is 7.99. The summed E-state index contributed by atoms with van der Waals surface area (Å²) in [7, 11) is 1.60. The van der Waals surface area contributed by atoms with Crippen LogP contribution in [0.15, 0.2) is 41.0 Å². The Morgan fingerprint density at radius 3 is 2.88 bits per heavy atom. The number of benzene rings is 1. The maximum Gasteiger partial charge on any atom is 0.220 e. The van der Waals surface area contributed by atoms with Crippen LogP contribution in [0.4, 0.5) is 4.39 Å². The van der Waals surface area contributed by atoms with Gasteiger partial charge in [-0.25, -0.2) is 14.4 Å². The number of fused-ring (bicyclic) bond motifs is 1. The molecule has 0 aliphatic carbocycles. The van der Waals surface area contributed by atoms with Crippen LogP contribution in [0.2, 0.25) is 0 Å². The third-order valence-electron chi connectivity index (χ3n) is 3.69. The minimum Gasteiger partial charge on any atom is -0.383 e. The summed E-state index contributed by atoms with van der Waals surface area (Å²) in [6.45, 7) is 1.01. The Balaban J connectivity index is 1.73. The number of hydrogen-bond acceptors (Lipinski definition) is 6. The van der Waals surface area contributed by atoms with Crippen LogP contribution >= 0.6 is 23.1 Å². The van der Waals surface area contributed by atoms with Crippen LogP contribution < -0.4 is 5.32 Å². The van der Waals surface area contributed by atoms with Gasteiger partial charge in [0.1, 0.15) is 22.0 Å². The normalized spacial score (nSPS) is 11.0. The van der Waals surface area contributed by atoms with Crippen molar-refractivity contribution >= 4 is 39.2 Å². The van der Waals surface area contributed by atoms with Crippen LogP contribution in [-0.4, -0.2) is 41.9 Å². The van der Waals surface area contributed by atoms with Gasteiger partial charge in [-0.15, -0.1) is 23.1 Å². The average molecular weight is 391 g/mol. The minimum absolute atomic E-state index is 0.0103. The summed E-state index contributed by atoms with van der Waals surface area (Å²) in [6.07, 6.45) is 1.93. The van der Waals surface area contributed by atoms with E-state index in [-0.39, 0.29) is 11.7 Å². The molecule has 1 aromatic carbocycles. The van der Waals surface area contributed by atoms with Gasteiger partial charge < -0.3 is 10.1 Å². The zero-order chi connectivity index (χ0) is 18.4. The first-order valence-electron chi connectivity index (χ1n) is 8.05. The van der Waals surface area contributed by atoms with Gasteiger partial charge in [-0.05, 0) is 17.7 Å². The molecule has 0 saturated heterocycles. The molecule has 1 amide bonds. The molecule has 1 N–H and O–H groups in total. The Morgan fingerprint density at radius 2 is 2.12 bits per heavy atom. The fourth-order valence-electron chi connectivity index (χ4n) is 2.42. The standard InChI is InChI=1S/C18H18FN3O2S2/c1-24-8-7-20-15(23)6-9-25-17-16-14(10-26-18(16)22-11-21-17)12-2-4-13(19)5-3-12/h2-5,10-11H,6-9H2,1H3,(H,20,23). The maximum atomic E-state index is 13.2. The summed E-state index contributed by atoms with van der Waals surface area (Å²) in [5.74, 6) is 0.339. The van der Waals surface area contributed by atoms with Gasteiger partial charge in [0.25, 0.3) is 0 Å². The van der Waals surface area contributed by atoms with Crippen molar-refractivity contribution in [3.8, 4) is 11.1 Å². The fourth-order valence-corrected chi connectivity index (χ4v) is 4.35. The summed E-state index contributed by atoms with van der Waals surface area (Å²) >= 11 is 3.05. The summed E-state index contributed by atoms with van der Waals surface area (Å²) in [5, 5.41) is 6.60. The molecule has 0 atom stereocenters. The van der Waals surface area contributed by atoms with Crippen molar-refractivity contribution in [3.63, 3.8) is 0 Å². The van der Waals surface area contributed by atoms with Crippen molar-refractivity contribution in [3.05, 3.63) is 41.8 Å². The molecule has 136 valence electrons. The number of methoxy groups -OCH3 is 1. The number of thioether (sulfide) groups is 1. The first-order chi connectivity index (χ1) is 12.7. The first kappa shape index (κ1) is 18.8. The number of halogens is 1. The second-order valence-corrected chi connectivity index (χ2v) is 7.40. The highest BCUT2D eigenvalue weighted by Crippen LogP contribution is 2.37. The quantitative estimate of drug-likeness (QED) is 0.360. The minimum atomic E-state index is -0.265. The number of nitrogens with zero attached hydrogens (tertiary/aromatic N) is 2. The predicted molar refractivity (Wildman–Crippen MR) is 103 cm³/mol. The zero-order valence-corrected chi connectivity index (χ0v) is 15.8. The van der Waals surface area contributed by atoms with Gasteiger partial charge in [-0.2, -0.15) is 0 Å². The Labute approximate surface area is 159 Å². The van der Waals surface area contributed by atoms with Crippen LogP contribution in [0, 0.1) is 5.82 Å². The van der Waals surface area contributed by atoms with E-state index in [0.717, 1.165) is 26.4 Å². The molecule has 0 aliphatic rings. The molecule has 2 aromatic heterocycles. The second-order valence-electron chi connectivity index (χ2n) is 5.46. The number of rotatable bonds is 8. The molecular formula is C18H18FN3O2S2. The fraction of sp³-hybridized carbons (Fsp3) is 0.278. The van der Waals surface area contributed by atoms with E-state index in [0.29, 0.717) is 25.3 Å². The zero-order valence-electron chi connectivity index (χ0n) is 14.2. The van der Waals surface area contributed by atoms with Crippen LogP contribution in [0.3, 0.4) is 0 Å². The molecule has 0 aliphatic heterocycles. The van der Waals surface area contributed by atoms with Crippen molar-refractivity contribution < 1.29 is 13.9 Å². The molecule has 8 heteroatoms. The van der Waals surface area contributed by atoms with Gasteiger partial charge in [0.15, 0.2) is 0 Å². The molecular weight excluding hydrogens is 373 g/mol.